The largest absolute Gasteiger partial charge is 0.389 e. The van der Waals surface area contributed by atoms with Crippen LogP contribution in [0.1, 0.15) is 39.2 Å². The summed E-state index contributed by atoms with van der Waals surface area (Å²) in [5, 5.41) is 17.6. The first kappa shape index (κ1) is 13.2. The quantitative estimate of drug-likeness (QED) is 0.740. The second-order valence-corrected chi connectivity index (χ2v) is 4.24. The highest BCUT2D eigenvalue weighted by Gasteiger charge is 2.21. The van der Waals surface area contributed by atoms with E-state index in [1.54, 1.807) is 0 Å². The van der Waals surface area contributed by atoms with E-state index in [9.17, 15) is 5.11 Å². The first-order valence-corrected chi connectivity index (χ1v) is 6.08. The predicted molar refractivity (Wildman–Crippen MR) is 65.1 cm³/mol. The van der Waals surface area contributed by atoms with E-state index in [1.165, 1.54) is 0 Å². The van der Waals surface area contributed by atoms with Gasteiger partial charge in [0.2, 0.25) is 0 Å². The molecule has 0 atom stereocenters. The second-order valence-electron chi connectivity index (χ2n) is 4.24. The van der Waals surface area contributed by atoms with Gasteiger partial charge < -0.3 is 10.4 Å². The molecule has 0 aromatic carbocycles. The van der Waals surface area contributed by atoms with E-state index in [4.69, 9.17) is 0 Å². The summed E-state index contributed by atoms with van der Waals surface area (Å²) < 4.78 is 1.91. The van der Waals surface area contributed by atoms with Crippen molar-refractivity contribution in [2.45, 2.75) is 52.3 Å². The molecule has 2 N–H and O–H groups in total. The number of aryl methyl sites for hydroxylation is 1. The van der Waals surface area contributed by atoms with Crippen LogP contribution in [0.25, 0.3) is 0 Å². The van der Waals surface area contributed by atoms with Crippen molar-refractivity contribution >= 4 is 0 Å². The lowest BCUT2D eigenvalue weighted by Crippen LogP contribution is -2.39. The lowest BCUT2D eigenvalue weighted by atomic mass is 9.97. The maximum Gasteiger partial charge on any atom is 0.0766 e. The molecule has 0 radical (unpaired) electrons. The van der Waals surface area contributed by atoms with Gasteiger partial charge in [-0.1, -0.05) is 13.8 Å². The Labute approximate surface area is 97.7 Å². The average molecular weight is 225 g/mol. The highest BCUT2D eigenvalue weighted by molar-refractivity contribution is 5.03. The van der Waals surface area contributed by atoms with Crippen molar-refractivity contribution in [2.24, 2.45) is 0 Å². The van der Waals surface area contributed by atoms with Gasteiger partial charge in [0, 0.05) is 31.4 Å². The van der Waals surface area contributed by atoms with Crippen LogP contribution in [0.5, 0.6) is 0 Å². The number of nitrogens with zero attached hydrogens (tertiary/aromatic N) is 2. The summed E-state index contributed by atoms with van der Waals surface area (Å²) in [6.07, 6.45) is 5.47. The highest BCUT2D eigenvalue weighted by atomic mass is 16.3. The zero-order valence-corrected chi connectivity index (χ0v) is 10.5. The maximum absolute atomic E-state index is 10.1. The van der Waals surface area contributed by atoms with Crippen LogP contribution in [-0.2, 0) is 13.1 Å². The van der Waals surface area contributed by atoms with Crippen LogP contribution in [0.3, 0.4) is 0 Å². The van der Waals surface area contributed by atoms with Gasteiger partial charge in [-0.15, -0.1) is 0 Å². The monoisotopic (exact) mass is 225 g/mol. The first-order valence-electron chi connectivity index (χ1n) is 6.08. The van der Waals surface area contributed by atoms with E-state index >= 15 is 0 Å². The number of hydrogen-bond donors (Lipinski definition) is 2. The van der Waals surface area contributed by atoms with Gasteiger partial charge in [0.05, 0.1) is 11.8 Å². The van der Waals surface area contributed by atoms with E-state index in [0.717, 1.165) is 31.5 Å². The summed E-state index contributed by atoms with van der Waals surface area (Å²) >= 11 is 0. The first-order chi connectivity index (χ1) is 7.63. The van der Waals surface area contributed by atoms with E-state index in [0.29, 0.717) is 6.54 Å². The van der Waals surface area contributed by atoms with Gasteiger partial charge in [-0.3, -0.25) is 4.68 Å². The number of aromatic nitrogens is 2. The third-order valence-corrected chi connectivity index (χ3v) is 3.11. The van der Waals surface area contributed by atoms with Crippen molar-refractivity contribution < 1.29 is 5.11 Å². The summed E-state index contributed by atoms with van der Waals surface area (Å²) in [6.45, 7) is 8.39. The molecule has 1 aromatic heterocycles. The highest BCUT2D eigenvalue weighted by Crippen LogP contribution is 2.13. The van der Waals surface area contributed by atoms with Crippen LogP contribution in [0.2, 0.25) is 0 Å². The molecule has 0 bridgehead atoms. The van der Waals surface area contributed by atoms with Crippen LogP contribution in [0.4, 0.5) is 0 Å². The molecule has 0 saturated heterocycles. The lowest BCUT2D eigenvalue weighted by molar-refractivity contribution is 0.0323. The summed E-state index contributed by atoms with van der Waals surface area (Å²) in [4.78, 5) is 0. The molecule has 4 heteroatoms. The standard InChI is InChI=1S/C12H23N3O/c1-4-12(16,5-2)10-13-7-11-8-14-15(6-3)9-11/h8-9,13,16H,4-7,10H2,1-3H3. The minimum absolute atomic E-state index is 0.569. The molecular weight excluding hydrogens is 202 g/mol. The van der Waals surface area contributed by atoms with Crippen molar-refractivity contribution in [3.8, 4) is 0 Å². The minimum Gasteiger partial charge on any atom is -0.389 e. The van der Waals surface area contributed by atoms with E-state index in [2.05, 4.69) is 17.3 Å². The second kappa shape index (κ2) is 6.01. The fraction of sp³-hybridized carbons (Fsp3) is 0.750. The summed E-state index contributed by atoms with van der Waals surface area (Å²) in [5.74, 6) is 0. The predicted octanol–water partition coefficient (Wildman–Crippen LogP) is 1.54. The molecular formula is C12H23N3O. The van der Waals surface area contributed by atoms with E-state index in [-0.39, 0.29) is 0 Å². The van der Waals surface area contributed by atoms with Gasteiger partial charge in [-0.05, 0) is 19.8 Å². The molecule has 0 saturated carbocycles. The minimum atomic E-state index is -0.569. The van der Waals surface area contributed by atoms with Gasteiger partial charge in [-0.2, -0.15) is 5.10 Å². The van der Waals surface area contributed by atoms with E-state index in [1.807, 2.05) is 30.9 Å². The van der Waals surface area contributed by atoms with Crippen molar-refractivity contribution in [1.29, 1.82) is 0 Å². The molecule has 16 heavy (non-hydrogen) atoms. The molecule has 0 aliphatic rings. The number of hydrogen-bond acceptors (Lipinski definition) is 3. The summed E-state index contributed by atoms with van der Waals surface area (Å²) in [7, 11) is 0. The smallest absolute Gasteiger partial charge is 0.0766 e. The third kappa shape index (κ3) is 3.61. The third-order valence-electron chi connectivity index (χ3n) is 3.11. The Morgan fingerprint density at radius 1 is 1.38 bits per heavy atom. The number of rotatable bonds is 7. The summed E-state index contributed by atoms with van der Waals surface area (Å²) in [5.41, 5.74) is 0.595. The lowest BCUT2D eigenvalue weighted by Gasteiger charge is -2.25. The van der Waals surface area contributed by atoms with Crippen LogP contribution >= 0.6 is 0 Å². The van der Waals surface area contributed by atoms with Crippen LogP contribution in [0.15, 0.2) is 12.4 Å². The SMILES string of the molecule is CCn1cc(CNCC(O)(CC)CC)cn1. The molecule has 0 fully saturated rings. The molecule has 92 valence electrons. The molecule has 0 spiro atoms. The van der Waals surface area contributed by atoms with Crippen LogP contribution in [0, 0.1) is 0 Å². The Morgan fingerprint density at radius 2 is 2.06 bits per heavy atom. The van der Waals surface area contributed by atoms with Gasteiger partial charge in [0.25, 0.3) is 0 Å². The normalized spacial score (nSPS) is 12.0. The van der Waals surface area contributed by atoms with Crippen LogP contribution < -0.4 is 5.32 Å². The van der Waals surface area contributed by atoms with Gasteiger partial charge >= 0.3 is 0 Å². The van der Waals surface area contributed by atoms with Gasteiger partial charge in [0.1, 0.15) is 0 Å². The number of nitrogens with one attached hydrogen (secondary N) is 1. The van der Waals surface area contributed by atoms with Crippen LogP contribution in [-0.4, -0.2) is 27.0 Å². The maximum atomic E-state index is 10.1. The Morgan fingerprint density at radius 3 is 2.56 bits per heavy atom. The van der Waals surface area contributed by atoms with Gasteiger partial charge in [0.15, 0.2) is 0 Å². The van der Waals surface area contributed by atoms with Crippen molar-refractivity contribution in [3.05, 3.63) is 18.0 Å². The molecule has 0 aliphatic carbocycles. The molecule has 4 nitrogen and oxygen atoms in total. The molecule has 0 unspecified atom stereocenters. The van der Waals surface area contributed by atoms with Crippen molar-refractivity contribution in [3.63, 3.8) is 0 Å². The van der Waals surface area contributed by atoms with E-state index < -0.39 is 5.60 Å². The molecule has 0 aliphatic heterocycles. The Bertz CT molecular complexity index is 305. The Hall–Kier alpha value is -0.870. The fourth-order valence-corrected chi connectivity index (χ4v) is 1.61. The molecule has 1 rings (SSSR count). The zero-order chi connectivity index (χ0) is 12.0. The van der Waals surface area contributed by atoms with Crippen molar-refractivity contribution in [1.82, 2.24) is 15.1 Å². The zero-order valence-electron chi connectivity index (χ0n) is 10.5. The summed E-state index contributed by atoms with van der Waals surface area (Å²) in [6, 6.07) is 0. The number of aliphatic hydroxyl groups is 1. The Balaban J connectivity index is 2.35. The average Bonchev–Trinajstić information content (AvgIpc) is 2.77. The van der Waals surface area contributed by atoms with Crippen molar-refractivity contribution in [2.75, 3.05) is 6.54 Å². The Kier molecular flexibility index (Phi) is 4.96. The molecule has 0 amide bonds. The topological polar surface area (TPSA) is 50.1 Å². The van der Waals surface area contributed by atoms with Gasteiger partial charge in [-0.25, -0.2) is 0 Å². The molecule has 1 heterocycles. The fourth-order valence-electron chi connectivity index (χ4n) is 1.61. The molecule has 1 aromatic rings.